The van der Waals surface area contributed by atoms with Gasteiger partial charge in [0.05, 0.1) is 13.2 Å². The van der Waals surface area contributed by atoms with Crippen LogP contribution in [0.1, 0.15) is 25.0 Å². The summed E-state index contributed by atoms with van der Waals surface area (Å²) in [7, 11) is 1.64. The van der Waals surface area contributed by atoms with Crippen LogP contribution in [-0.4, -0.2) is 55.0 Å². The fourth-order valence-corrected chi connectivity index (χ4v) is 3.85. The summed E-state index contributed by atoms with van der Waals surface area (Å²) in [5.74, 6) is 1.00. The van der Waals surface area contributed by atoms with Crippen molar-refractivity contribution in [3.8, 4) is 11.8 Å². The molecule has 1 aliphatic heterocycles. The quantitative estimate of drug-likeness (QED) is 0.542. The lowest BCUT2D eigenvalue weighted by atomic mass is 10.00. The highest BCUT2D eigenvalue weighted by Gasteiger charge is 2.29. The zero-order valence-electron chi connectivity index (χ0n) is 17.9. The van der Waals surface area contributed by atoms with Crippen molar-refractivity contribution in [1.82, 2.24) is 9.80 Å². The molecule has 0 aromatic heterocycles. The van der Waals surface area contributed by atoms with Crippen LogP contribution in [0.4, 0.5) is 0 Å². The van der Waals surface area contributed by atoms with E-state index in [0.717, 1.165) is 16.9 Å². The summed E-state index contributed by atoms with van der Waals surface area (Å²) in [5.41, 5.74) is 2.40. The first-order valence-electron chi connectivity index (χ1n) is 10.4. The van der Waals surface area contributed by atoms with Gasteiger partial charge in [0.25, 0.3) is 5.91 Å². The second-order valence-corrected chi connectivity index (χ2v) is 7.81. The second kappa shape index (κ2) is 10.1. The normalized spacial score (nSPS) is 16.2. The number of para-hydroxylation sites is 1. The number of methoxy groups -OCH3 is 1. The molecule has 1 unspecified atom stereocenters. The lowest BCUT2D eigenvalue weighted by Crippen LogP contribution is -2.53. The van der Waals surface area contributed by atoms with Crippen LogP contribution in [0.2, 0.25) is 0 Å². The van der Waals surface area contributed by atoms with E-state index >= 15 is 0 Å². The molecule has 1 atom stereocenters. The summed E-state index contributed by atoms with van der Waals surface area (Å²) in [6, 6.07) is 19.7. The standard InChI is InChI=1S/C25H29N3O2/c1-19(2)23(18-26)27-13-15-28(16-14-27)25(29)22(20-9-5-4-6-10-20)17-21-11-7-8-12-24(21)30-3/h4-12,17,19,23H,13-16H2,1-3H3/b22-17+. The molecule has 5 nitrogen and oxygen atoms in total. The van der Waals surface area contributed by atoms with E-state index in [1.165, 1.54) is 0 Å². The SMILES string of the molecule is COc1ccccc1/C=C(/C(=O)N1CCN(C(C#N)C(C)C)CC1)c1ccccc1. The summed E-state index contributed by atoms with van der Waals surface area (Å²) >= 11 is 0. The van der Waals surface area contributed by atoms with Crippen LogP contribution in [0, 0.1) is 17.2 Å². The number of carbonyl (C=O) groups excluding carboxylic acids is 1. The number of nitrogens with zero attached hydrogens (tertiary/aromatic N) is 3. The van der Waals surface area contributed by atoms with Gasteiger partial charge >= 0.3 is 0 Å². The third kappa shape index (κ3) is 4.90. The fourth-order valence-electron chi connectivity index (χ4n) is 3.85. The van der Waals surface area contributed by atoms with Crippen molar-refractivity contribution in [2.75, 3.05) is 33.3 Å². The average molecular weight is 404 g/mol. The van der Waals surface area contributed by atoms with Crippen molar-refractivity contribution in [1.29, 1.82) is 5.26 Å². The predicted octanol–water partition coefficient (Wildman–Crippen LogP) is 3.93. The molecule has 1 heterocycles. The van der Waals surface area contributed by atoms with Gasteiger partial charge in [0, 0.05) is 37.3 Å². The summed E-state index contributed by atoms with van der Waals surface area (Å²) in [6.45, 7) is 6.77. The van der Waals surface area contributed by atoms with Gasteiger partial charge in [-0.25, -0.2) is 0 Å². The molecule has 1 amide bonds. The minimum atomic E-state index is -0.111. The Kier molecular flexibility index (Phi) is 7.26. The molecule has 2 aromatic carbocycles. The Morgan fingerprint density at radius 1 is 1.03 bits per heavy atom. The van der Waals surface area contributed by atoms with Crippen LogP contribution >= 0.6 is 0 Å². The zero-order valence-corrected chi connectivity index (χ0v) is 17.9. The van der Waals surface area contributed by atoms with Gasteiger partial charge in [-0.2, -0.15) is 5.26 Å². The minimum absolute atomic E-state index is 0.00445. The number of rotatable bonds is 6. The molecule has 156 valence electrons. The van der Waals surface area contributed by atoms with E-state index in [4.69, 9.17) is 4.74 Å². The van der Waals surface area contributed by atoms with Crippen LogP contribution in [0.25, 0.3) is 11.6 Å². The zero-order chi connectivity index (χ0) is 21.5. The number of amides is 1. The fraction of sp³-hybridized carbons (Fsp3) is 0.360. The first kappa shape index (κ1) is 21.6. The van der Waals surface area contributed by atoms with E-state index in [1.807, 2.05) is 65.6 Å². The summed E-state index contributed by atoms with van der Waals surface area (Å²) in [5, 5.41) is 9.48. The van der Waals surface area contributed by atoms with E-state index in [2.05, 4.69) is 24.8 Å². The minimum Gasteiger partial charge on any atom is -0.496 e. The van der Waals surface area contributed by atoms with Gasteiger partial charge in [0.2, 0.25) is 0 Å². The molecule has 0 radical (unpaired) electrons. The maximum atomic E-state index is 13.5. The molecule has 1 saturated heterocycles. The lowest BCUT2D eigenvalue weighted by molar-refractivity contribution is -0.126. The first-order valence-corrected chi connectivity index (χ1v) is 10.4. The number of carbonyl (C=O) groups is 1. The first-order chi connectivity index (χ1) is 14.5. The number of piperazine rings is 1. The highest BCUT2D eigenvalue weighted by Crippen LogP contribution is 2.26. The number of hydrogen-bond donors (Lipinski definition) is 0. The van der Waals surface area contributed by atoms with Gasteiger partial charge in [-0.15, -0.1) is 0 Å². The number of benzene rings is 2. The predicted molar refractivity (Wildman–Crippen MR) is 120 cm³/mol. The molecular formula is C25H29N3O2. The lowest BCUT2D eigenvalue weighted by Gasteiger charge is -2.38. The smallest absolute Gasteiger partial charge is 0.254 e. The molecule has 0 bridgehead atoms. The number of nitriles is 1. The Labute approximate surface area is 179 Å². The van der Waals surface area contributed by atoms with Gasteiger partial charge in [-0.1, -0.05) is 62.4 Å². The monoisotopic (exact) mass is 403 g/mol. The van der Waals surface area contributed by atoms with E-state index in [1.54, 1.807) is 7.11 Å². The highest BCUT2D eigenvalue weighted by molar-refractivity contribution is 6.24. The van der Waals surface area contributed by atoms with Crippen LogP contribution in [0.5, 0.6) is 5.75 Å². The Balaban J connectivity index is 1.86. The maximum Gasteiger partial charge on any atom is 0.254 e. The van der Waals surface area contributed by atoms with Crippen LogP contribution in [-0.2, 0) is 4.79 Å². The van der Waals surface area contributed by atoms with Crippen molar-refractivity contribution in [3.63, 3.8) is 0 Å². The summed E-state index contributed by atoms with van der Waals surface area (Å²) < 4.78 is 5.48. The second-order valence-electron chi connectivity index (χ2n) is 7.81. The molecule has 1 aliphatic rings. The Morgan fingerprint density at radius 2 is 1.67 bits per heavy atom. The van der Waals surface area contributed by atoms with E-state index in [0.29, 0.717) is 31.8 Å². The van der Waals surface area contributed by atoms with Crippen molar-refractivity contribution in [2.45, 2.75) is 19.9 Å². The Hall–Kier alpha value is -3.10. The Morgan fingerprint density at radius 3 is 2.27 bits per heavy atom. The summed E-state index contributed by atoms with van der Waals surface area (Å²) in [6.07, 6.45) is 1.91. The third-order valence-electron chi connectivity index (χ3n) is 5.51. The molecule has 1 fully saturated rings. The summed E-state index contributed by atoms with van der Waals surface area (Å²) in [4.78, 5) is 17.6. The average Bonchev–Trinajstić information content (AvgIpc) is 2.78. The van der Waals surface area contributed by atoms with E-state index in [9.17, 15) is 10.1 Å². The van der Waals surface area contributed by atoms with E-state index < -0.39 is 0 Å². The van der Waals surface area contributed by atoms with Gasteiger partial charge in [-0.05, 0) is 23.6 Å². The number of hydrogen-bond acceptors (Lipinski definition) is 4. The molecule has 5 heteroatoms. The Bertz CT molecular complexity index is 923. The molecule has 30 heavy (non-hydrogen) atoms. The van der Waals surface area contributed by atoms with Crippen molar-refractivity contribution >= 4 is 17.6 Å². The maximum absolute atomic E-state index is 13.5. The number of ether oxygens (including phenoxy) is 1. The molecule has 0 saturated carbocycles. The highest BCUT2D eigenvalue weighted by atomic mass is 16.5. The molecular weight excluding hydrogens is 374 g/mol. The van der Waals surface area contributed by atoms with Gasteiger partial charge in [0.15, 0.2) is 0 Å². The van der Waals surface area contributed by atoms with Crippen molar-refractivity contribution in [2.24, 2.45) is 5.92 Å². The molecule has 0 spiro atoms. The van der Waals surface area contributed by atoms with Gasteiger partial charge in [0.1, 0.15) is 11.8 Å². The van der Waals surface area contributed by atoms with Gasteiger partial charge < -0.3 is 9.64 Å². The van der Waals surface area contributed by atoms with Gasteiger partial charge in [-0.3, -0.25) is 9.69 Å². The molecule has 0 N–H and O–H groups in total. The van der Waals surface area contributed by atoms with Crippen LogP contribution in [0.15, 0.2) is 54.6 Å². The molecule has 0 aliphatic carbocycles. The van der Waals surface area contributed by atoms with Crippen LogP contribution in [0.3, 0.4) is 0 Å². The topological polar surface area (TPSA) is 56.6 Å². The third-order valence-corrected chi connectivity index (χ3v) is 5.51. The van der Waals surface area contributed by atoms with Crippen molar-refractivity contribution < 1.29 is 9.53 Å². The van der Waals surface area contributed by atoms with E-state index in [-0.39, 0.29) is 17.9 Å². The largest absolute Gasteiger partial charge is 0.496 e. The molecule has 3 rings (SSSR count). The molecule has 2 aromatic rings. The van der Waals surface area contributed by atoms with Crippen LogP contribution < -0.4 is 4.74 Å². The van der Waals surface area contributed by atoms with Crippen molar-refractivity contribution in [3.05, 3.63) is 65.7 Å².